The van der Waals surface area contributed by atoms with Gasteiger partial charge in [0.1, 0.15) is 10.6 Å². The lowest BCUT2D eigenvalue weighted by Crippen LogP contribution is -2.12. The summed E-state index contributed by atoms with van der Waals surface area (Å²) in [6.07, 6.45) is 0.216. The first-order valence-corrected chi connectivity index (χ1v) is 6.06. The van der Waals surface area contributed by atoms with Crippen molar-refractivity contribution in [3.63, 3.8) is 0 Å². The number of hydrogen-bond donors (Lipinski definition) is 1. The van der Waals surface area contributed by atoms with Gasteiger partial charge in [-0.05, 0) is 18.3 Å². The van der Waals surface area contributed by atoms with E-state index in [1.807, 2.05) is 0 Å². The van der Waals surface area contributed by atoms with Crippen LogP contribution in [0.15, 0.2) is 6.07 Å². The minimum atomic E-state index is -0.687. The minimum absolute atomic E-state index is 0.00958. The zero-order valence-electron chi connectivity index (χ0n) is 9.89. The van der Waals surface area contributed by atoms with Gasteiger partial charge in [-0.1, -0.05) is 6.92 Å². The SMILES string of the molecule is CCOC(=O)c1cc([N+](=O)[O-])sc1NC(=O)CC. The van der Waals surface area contributed by atoms with Crippen LogP contribution >= 0.6 is 11.3 Å². The molecule has 18 heavy (non-hydrogen) atoms. The number of nitrogens with zero attached hydrogens (tertiary/aromatic N) is 1. The van der Waals surface area contributed by atoms with E-state index in [0.717, 1.165) is 17.4 Å². The number of anilines is 1. The van der Waals surface area contributed by atoms with Crippen LogP contribution in [0.3, 0.4) is 0 Å². The first-order valence-electron chi connectivity index (χ1n) is 5.24. The lowest BCUT2D eigenvalue weighted by atomic mass is 10.3. The Balaban J connectivity index is 3.08. The molecule has 0 aliphatic rings. The third-order valence-electron chi connectivity index (χ3n) is 1.97. The summed E-state index contributed by atoms with van der Waals surface area (Å²) in [5, 5.41) is 13.0. The van der Waals surface area contributed by atoms with E-state index < -0.39 is 10.9 Å². The number of esters is 1. The summed E-state index contributed by atoms with van der Waals surface area (Å²) in [5.41, 5.74) is 0.00958. The van der Waals surface area contributed by atoms with Crippen LogP contribution in [-0.2, 0) is 9.53 Å². The van der Waals surface area contributed by atoms with Crippen molar-refractivity contribution in [2.75, 3.05) is 11.9 Å². The van der Waals surface area contributed by atoms with Crippen molar-refractivity contribution in [3.8, 4) is 0 Å². The topological polar surface area (TPSA) is 98.5 Å². The Hall–Kier alpha value is -1.96. The van der Waals surface area contributed by atoms with Crippen molar-refractivity contribution in [2.45, 2.75) is 20.3 Å². The zero-order chi connectivity index (χ0) is 13.7. The molecule has 0 saturated carbocycles. The molecule has 0 bridgehead atoms. The Morgan fingerprint density at radius 2 is 2.17 bits per heavy atom. The molecule has 0 radical (unpaired) electrons. The Morgan fingerprint density at radius 1 is 1.50 bits per heavy atom. The van der Waals surface area contributed by atoms with Crippen LogP contribution in [0.2, 0.25) is 0 Å². The van der Waals surface area contributed by atoms with E-state index >= 15 is 0 Å². The lowest BCUT2D eigenvalue weighted by molar-refractivity contribution is -0.380. The summed E-state index contributed by atoms with van der Waals surface area (Å²) in [7, 11) is 0. The highest BCUT2D eigenvalue weighted by molar-refractivity contribution is 7.19. The number of nitro groups is 1. The average Bonchev–Trinajstić information content (AvgIpc) is 2.73. The number of ether oxygens (including phenoxy) is 1. The molecule has 0 spiro atoms. The van der Waals surface area contributed by atoms with E-state index in [1.54, 1.807) is 13.8 Å². The van der Waals surface area contributed by atoms with Crippen LogP contribution in [0.1, 0.15) is 30.6 Å². The molecule has 1 amide bonds. The van der Waals surface area contributed by atoms with Crippen molar-refractivity contribution in [1.82, 2.24) is 0 Å². The Morgan fingerprint density at radius 3 is 2.67 bits per heavy atom. The third-order valence-corrected chi connectivity index (χ3v) is 2.97. The smallest absolute Gasteiger partial charge is 0.341 e. The number of hydrogen-bond acceptors (Lipinski definition) is 6. The maximum atomic E-state index is 11.6. The highest BCUT2D eigenvalue weighted by atomic mass is 32.1. The van der Waals surface area contributed by atoms with Gasteiger partial charge in [0.25, 0.3) is 0 Å². The second kappa shape index (κ2) is 6.10. The molecule has 0 aromatic carbocycles. The summed E-state index contributed by atoms with van der Waals surface area (Å²) in [6, 6.07) is 1.11. The highest BCUT2D eigenvalue weighted by Gasteiger charge is 2.23. The number of nitrogens with one attached hydrogen (secondary N) is 1. The molecule has 1 aromatic rings. The molecule has 98 valence electrons. The van der Waals surface area contributed by atoms with Crippen LogP contribution in [-0.4, -0.2) is 23.4 Å². The van der Waals surface area contributed by atoms with Gasteiger partial charge in [-0.2, -0.15) is 0 Å². The molecule has 0 aliphatic heterocycles. The molecule has 8 heteroatoms. The molecular weight excluding hydrogens is 260 g/mol. The molecule has 0 atom stereocenters. The Labute approximate surface area is 107 Å². The molecule has 0 saturated heterocycles. The molecule has 7 nitrogen and oxygen atoms in total. The van der Waals surface area contributed by atoms with Crippen LogP contribution in [0.5, 0.6) is 0 Å². The summed E-state index contributed by atoms with van der Waals surface area (Å²) < 4.78 is 4.77. The first kappa shape index (κ1) is 14.1. The first-order chi connectivity index (χ1) is 8.49. The number of carbonyl (C=O) groups is 2. The van der Waals surface area contributed by atoms with Gasteiger partial charge in [0, 0.05) is 12.5 Å². The average molecular weight is 272 g/mol. The molecular formula is C10H12N2O5S. The van der Waals surface area contributed by atoms with E-state index in [1.165, 1.54) is 0 Å². The maximum Gasteiger partial charge on any atom is 0.341 e. The third kappa shape index (κ3) is 3.27. The fourth-order valence-electron chi connectivity index (χ4n) is 1.14. The van der Waals surface area contributed by atoms with Crippen molar-refractivity contribution >= 4 is 33.2 Å². The van der Waals surface area contributed by atoms with E-state index in [4.69, 9.17) is 4.74 Å². The van der Waals surface area contributed by atoms with Gasteiger partial charge >= 0.3 is 11.0 Å². The molecule has 1 N–H and O–H groups in total. The van der Waals surface area contributed by atoms with Gasteiger partial charge in [0.15, 0.2) is 0 Å². The second-order valence-corrected chi connectivity index (χ2v) is 4.24. The fourth-order valence-corrected chi connectivity index (χ4v) is 2.01. The highest BCUT2D eigenvalue weighted by Crippen LogP contribution is 2.34. The van der Waals surface area contributed by atoms with Crippen molar-refractivity contribution in [2.24, 2.45) is 0 Å². The summed E-state index contributed by atoms with van der Waals surface area (Å²) in [5.74, 6) is -1.01. The quantitative estimate of drug-likeness (QED) is 0.503. The monoisotopic (exact) mass is 272 g/mol. The zero-order valence-corrected chi connectivity index (χ0v) is 10.7. The van der Waals surface area contributed by atoms with Gasteiger partial charge in [0.05, 0.1) is 11.5 Å². The van der Waals surface area contributed by atoms with Crippen LogP contribution < -0.4 is 5.32 Å². The molecule has 0 unspecified atom stereocenters. The minimum Gasteiger partial charge on any atom is -0.462 e. The molecule has 1 aromatic heterocycles. The molecule has 0 fully saturated rings. The number of amides is 1. The van der Waals surface area contributed by atoms with Crippen molar-refractivity contribution in [1.29, 1.82) is 0 Å². The molecule has 1 rings (SSSR count). The van der Waals surface area contributed by atoms with Crippen LogP contribution in [0.4, 0.5) is 10.0 Å². The van der Waals surface area contributed by atoms with Gasteiger partial charge in [-0.25, -0.2) is 4.79 Å². The Bertz CT molecular complexity index is 483. The summed E-state index contributed by atoms with van der Waals surface area (Å²) in [4.78, 5) is 32.9. The number of thiophene rings is 1. The van der Waals surface area contributed by atoms with Crippen LogP contribution in [0, 0.1) is 10.1 Å². The maximum absolute atomic E-state index is 11.6. The van der Waals surface area contributed by atoms with E-state index in [2.05, 4.69) is 5.32 Å². The largest absolute Gasteiger partial charge is 0.462 e. The standard InChI is InChI=1S/C10H12N2O5S/c1-3-7(13)11-9-6(10(14)17-4-2)5-8(18-9)12(15)16/h5H,3-4H2,1-2H3,(H,11,13). The summed E-state index contributed by atoms with van der Waals surface area (Å²) >= 11 is 0.734. The molecule has 0 aliphatic carbocycles. The van der Waals surface area contributed by atoms with Crippen molar-refractivity contribution < 1.29 is 19.2 Å². The second-order valence-electron chi connectivity index (χ2n) is 3.21. The van der Waals surface area contributed by atoms with E-state index in [9.17, 15) is 19.7 Å². The molecule has 1 heterocycles. The van der Waals surface area contributed by atoms with Crippen LogP contribution in [0.25, 0.3) is 0 Å². The predicted octanol–water partition coefficient (Wildman–Crippen LogP) is 2.18. The van der Waals surface area contributed by atoms with Gasteiger partial charge in [-0.15, -0.1) is 0 Å². The van der Waals surface area contributed by atoms with Crippen molar-refractivity contribution in [3.05, 3.63) is 21.7 Å². The van der Waals surface area contributed by atoms with Gasteiger partial charge in [0.2, 0.25) is 5.91 Å². The lowest BCUT2D eigenvalue weighted by Gasteiger charge is -2.03. The number of rotatable bonds is 5. The summed E-state index contributed by atoms with van der Waals surface area (Å²) in [6.45, 7) is 3.42. The number of carbonyl (C=O) groups excluding carboxylic acids is 2. The van der Waals surface area contributed by atoms with Gasteiger partial charge < -0.3 is 10.1 Å². The Kier molecular flexibility index (Phi) is 4.78. The normalized spacial score (nSPS) is 9.89. The fraction of sp³-hybridized carbons (Fsp3) is 0.400. The van der Waals surface area contributed by atoms with Gasteiger partial charge in [-0.3, -0.25) is 14.9 Å². The van der Waals surface area contributed by atoms with E-state index in [0.29, 0.717) is 0 Å². The van der Waals surface area contributed by atoms with E-state index in [-0.39, 0.29) is 34.5 Å². The predicted molar refractivity (Wildman–Crippen MR) is 65.9 cm³/mol.